The first-order chi connectivity index (χ1) is 21.3. The van der Waals surface area contributed by atoms with Gasteiger partial charge in [-0.05, 0) is 25.5 Å². The Hall–Kier alpha value is -4.64. The van der Waals surface area contributed by atoms with Crippen LogP contribution in [0.15, 0.2) is 107 Å². The molecule has 226 valence electrons. The molecule has 2 heterocycles. The Morgan fingerprint density at radius 1 is 0.841 bits per heavy atom. The van der Waals surface area contributed by atoms with Gasteiger partial charge in [0.25, 0.3) is 0 Å². The number of benzene rings is 3. The van der Waals surface area contributed by atoms with Gasteiger partial charge >= 0.3 is 11.9 Å². The molecule has 2 atom stereocenters. The van der Waals surface area contributed by atoms with Crippen LogP contribution in [0.5, 0.6) is 0 Å². The molecule has 0 aromatic heterocycles. The highest BCUT2D eigenvalue weighted by Gasteiger charge is 2.48. The molecule has 0 saturated carbocycles. The number of allylic oxidation sites excluding steroid dienone is 2. The summed E-state index contributed by atoms with van der Waals surface area (Å²) in [5.41, 5.74) is 5.48. The molecule has 3 aromatic rings. The van der Waals surface area contributed by atoms with Gasteiger partial charge in [-0.2, -0.15) is 0 Å². The minimum Gasteiger partial charge on any atom is -0.466 e. The van der Waals surface area contributed by atoms with E-state index in [0.29, 0.717) is 38.2 Å². The van der Waals surface area contributed by atoms with Crippen LogP contribution in [-0.2, 0) is 19.1 Å². The molecule has 0 radical (unpaired) electrons. The largest absolute Gasteiger partial charge is 0.466 e. The molecule has 0 bridgehead atoms. The zero-order valence-corrected chi connectivity index (χ0v) is 25.8. The van der Waals surface area contributed by atoms with Gasteiger partial charge in [-0.3, -0.25) is 4.48 Å². The first kappa shape index (κ1) is 30.8. The third-order valence-electron chi connectivity index (χ3n) is 8.97. The van der Waals surface area contributed by atoms with Crippen LogP contribution < -0.4 is 10.6 Å². The number of quaternary nitrogens is 1. The molecule has 0 aliphatic carbocycles. The summed E-state index contributed by atoms with van der Waals surface area (Å²) in [6.45, 7) is 8.71. The molecule has 7 heteroatoms. The molecule has 0 amide bonds. The van der Waals surface area contributed by atoms with Gasteiger partial charge < -0.3 is 20.1 Å². The van der Waals surface area contributed by atoms with Gasteiger partial charge in [-0.15, -0.1) is 6.42 Å². The Balaban J connectivity index is 1.59. The maximum absolute atomic E-state index is 14.5. The second-order valence-corrected chi connectivity index (χ2v) is 11.4. The molecule has 0 spiro atoms. The SMILES string of the molecule is C#Cc1ccccc1C1C(C(=O)OC)=C(C)NC(C)=C1C(=O)OC(C)[N+]1(C(c2ccccc2)c2ccccc2)CCNCC1. The Labute approximate surface area is 260 Å². The van der Waals surface area contributed by atoms with Crippen LogP contribution in [0.2, 0.25) is 0 Å². The van der Waals surface area contributed by atoms with Crippen molar-refractivity contribution < 1.29 is 23.5 Å². The zero-order chi connectivity index (χ0) is 31.3. The second-order valence-electron chi connectivity index (χ2n) is 11.4. The number of carbonyl (C=O) groups is 2. The first-order valence-corrected chi connectivity index (χ1v) is 15.0. The highest BCUT2D eigenvalue weighted by atomic mass is 16.6. The number of ether oxygens (including phenoxy) is 2. The number of hydrogen-bond acceptors (Lipinski definition) is 6. The third kappa shape index (κ3) is 5.79. The minimum absolute atomic E-state index is 0.0624. The quantitative estimate of drug-likeness (QED) is 0.214. The van der Waals surface area contributed by atoms with Crippen molar-refractivity contribution in [2.45, 2.75) is 39.0 Å². The maximum Gasteiger partial charge on any atom is 0.341 e. The minimum atomic E-state index is -0.758. The molecule has 2 unspecified atom stereocenters. The molecular weight excluding hydrogens is 550 g/mol. The van der Waals surface area contributed by atoms with Crippen molar-refractivity contribution in [2.24, 2.45) is 0 Å². The van der Waals surface area contributed by atoms with E-state index in [-0.39, 0.29) is 6.04 Å². The van der Waals surface area contributed by atoms with E-state index in [1.165, 1.54) is 7.11 Å². The fraction of sp³-hybridized carbons (Fsp3) is 0.297. The lowest BCUT2D eigenvalue weighted by molar-refractivity contribution is -0.990. The number of methoxy groups -OCH3 is 1. The molecule has 2 aliphatic rings. The monoisotopic (exact) mass is 590 g/mol. The van der Waals surface area contributed by atoms with Crippen LogP contribution in [0.3, 0.4) is 0 Å². The fourth-order valence-corrected chi connectivity index (χ4v) is 6.86. The van der Waals surface area contributed by atoms with Crippen molar-refractivity contribution in [1.82, 2.24) is 10.6 Å². The summed E-state index contributed by atoms with van der Waals surface area (Å²) in [7, 11) is 1.34. The van der Waals surface area contributed by atoms with Crippen molar-refractivity contribution in [3.05, 3.63) is 130 Å². The number of nitrogens with zero attached hydrogens (tertiary/aromatic N) is 1. The van der Waals surface area contributed by atoms with Gasteiger partial charge in [0.1, 0.15) is 6.04 Å². The number of terminal acetylenes is 1. The average Bonchev–Trinajstić information content (AvgIpc) is 3.05. The van der Waals surface area contributed by atoms with Gasteiger partial charge in [0.05, 0.1) is 37.3 Å². The van der Waals surface area contributed by atoms with E-state index < -0.39 is 24.1 Å². The molecule has 5 rings (SSSR count). The topological polar surface area (TPSA) is 76.7 Å². The molecule has 2 aliphatic heterocycles. The fourth-order valence-electron chi connectivity index (χ4n) is 6.86. The van der Waals surface area contributed by atoms with Crippen LogP contribution in [0, 0.1) is 12.3 Å². The molecule has 44 heavy (non-hydrogen) atoms. The van der Waals surface area contributed by atoms with Gasteiger partial charge in [-0.1, -0.05) is 84.8 Å². The van der Waals surface area contributed by atoms with Crippen molar-refractivity contribution >= 4 is 11.9 Å². The predicted molar refractivity (Wildman–Crippen MR) is 171 cm³/mol. The van der Waals surface area contributed by atoms with E-state index in [1.54, 1.807) is 6.92 Å². The highest BCUT2D eigenvalue weighted by Crippen LogP contribution is 2.42. The summed E-state index contributed by atoms with van der Waals surface area (Å²) < 4.78 is 12.3. The van der Waals surface area contributed by atoms with E-state index in [4.69, 9.17) is 15.9 Å². The lowest BCUT2D eigenvalue weighted by atomic mass is 9.78. The summed E-state index contributed by atoms with van der Waals surface area (Å²) in [6.07, 6.45) is 5.38. The lowest BCUT2D eigenvalue weighted by Gasteiger charge is -2.50. The van der Waals surface area contributed by atoms with Crippen molar-refractivity contribution in [1.29, 1.82) is 0 Å². The molecule has 2 N–H and O–H groups in total. The van der Waals surface area contributed by atoms with Crippen molar-refractivity contribution in [2.75, 3.05) is 33.3 Å². The van der Waals surface area contributed by atoms with E-state index in [2.05, 4.69) is 65.1 Å². The number of dihydropyridines is 1. The Morgan fingerprint density at radius 2 is 1.36 bits per heavy atom. The van der Waals surface area contributed by atoms with Crippen molar-refractivity contribution in [3.8, 4) is 12.3 Å². The summed E-state index contributed by atoms with van der Waals surface area (Å²) in [6, 6.07) is 28.2. The van der Waals surface area contributed by atoms with Crippen LogP contribution in [-0.4, -0.2) is 55.9 Å². The van der Waals surface area contributed by atoms with Crippen LogP contribution in [0.4, 0.5) is 0 Å². The zero-order valence-electron chi connectivity index (χ0n) is 25.8. The normalized spacial score (nSPS) is 18.7. The number of hydrogen-bond donors (Lipinski definition) is 2. The predicted octanol–water partition coefficient (Wildman–Crippen LogP) is 5.17. The van der Waals surface area contributed by atoms with Gasteiger partial charge in [-0.25, -0.2) is 9.59 Å². The van der Waals surface area contributed by atoms with E-state index in [9.17, 15) is 9.59 Å². The molecule has 1 saturated heterocycles. The van der Waals surface area contributed by atoms with E-state index in [1.807, 2.05) is 50.2 Å². The lowest BCUT2D eigenvalue weighted by Crippen LogP contribution is -2.65. The molecule has 7 nitrogen and oxygen atoms in total. The third-order valence-corrected chi connectivity index (χ3v) is 8.97. The summed E-state index contributed by atoms with van der Waals surface area (Å²) in [5.74, 6) is 0.944. The van der Waals surface area contributed by atoms with E-state index >= 15 is 0 Å². The van der Waals surface area contributed by atoms with Crippen LogP contribution in [0.1, 0.15) is 55.0 Å². The Kier molecular flexibility index (Phi) is 9.34. The number of rotatable bonds is 8. The first-order valence-electron chi connectivity index (χ1n) is 15.0. The Bertz CT molecular complexity index is 1580. The molecular formula is C37H40N3O4+. The smallest absolute Gasteiger partial charge is 0.341 e. The van der Waals surface area contributed by atoms with Gasteiger partial charge in [0.15, 0.2) is 0 Å². The van der Waals surface area contributed by atoms with Gasteiger partial charge in [0.2, 0.25) is 6.23 Å². The second kappa shape index (κ2) is 13.3. The summed E-state index contributed by atoms with van der Waals surface area (Å²) in [5, 5.41) is 6.74. The highest BCUT2D eigenvalue weighted by molar-refractivity contribution is 6.00. The Morgan fingerprint density at radius 3 is 1.91 bits per heavy atom. The molecule has 1 fully saturated rings. The number of esters is 2. The number of nitrogens with one attached hydrogen (secondary N) is 2. The van der Waals surface area contributed by atoms with Crippen molar-refractivity contribution in [3.63, 3.8) is 0 Å². The van der Waals surface area contributed by atoms with E-state index in [0.717, 1.165) is 37.3 Å². The standard InChI is InChI=1S/C37H39N3O4/c1-6-28-15-13-14-20-31(28)34-32(36(41)43-5)25(2)39-26(3)33(34)37(42)44-27(4)40(23-21-38-22-24-40)35(29-16-9-7-10-17-29)30-18-11-8-12-19-30/h1,7-20,27,34-35,38H,21-24H2,2-5H3/p+1. The number of carbonyl (C=O) groups excluding carboxylic acids is 2. The maximum atomic E-state index is 14.5. The van der Waals surface area contributed by atoms with Gasteiger partial charge in [0, 0.05) is 48.1 Å². The number of piperazine rings is 1. The van der Waals surface area contributed by atoms with Crippen LogP contribution >= 0.6 is 0 Å². The van der Waals surface area contributed by atoms with Crippen LogP contribution in [0.25, 0.3) is 0 Å². The average molecular weight is 591 g/mol. The molecule has 3 aromatic carbocycles. The summed E-state index contributed by atoms with van der Waals surface area (Å²) in [4.78, 5) is 27.7. The summed E-state index contributed by atoms with van der Waals surface area (Å²) >= 11 is 0.